The molecule has 30 nitrogen and oxygen atoms in total. The molecule has 6 heterocycles. The summed E-state index contributed by atoms with van der Waals surface area (Å²) < 4.78 is 63.3. The zero-order valence-corrected chi connectivity index (χ0v) is 55.7. The van der Waals surface area contributed by atoms with Crippen LogP contribution in [0.5, 0.6) is 34.5 Å². The highest BCUT2D eigenvalue weighted by Gasteiger charge is 2.49. The Balaban J connectivity index is 0.819. The molecular weight excluding hydrogens is 1300 g/mol. The van der Waals surface area contributed by atoms with Crippen LogP contribution in [0.4, 0.5) is 21.0 Å². The predicted octanol–water partition coefficient (Wildman–Crippen LogP) is 3.45. The fourth-order valence-corrected chi connectivity index (χ4v) is 12.4. The first-order valence-electron chi connectivity index (χ1n) is 32.3. The van der Waals surface area contributed by atoms with E-state index >= 15 is 0 Å². The first kappa shape index (κ1) is 73.1. The van der Waals surface area contributed by atoms with Crippen LogP contribution < -0.4 is 43.5 Å². The molecule has 10 rings (SSSR count). The standard InChI is InChI=1S/C69H85N5O25/c1-35-20-45-63(85)73(67(87)96-31-37-12-14-50(41(22-37)47(75)28-69(3,4)5)98-65-58(80)56(78)48(76)33-94-65)43-26-54(52(90-7)24-39(43)61(83)71(45)29-35)92-17-10-9-11-18-93-55-27-44-40(25-53(55)91-8)62(84)72-30-36(2)21-46(72)64(86)74(44)68(88)97-32-38-13-15-51(42(23-38)60(82)70-16-19-89-6)99-66-59(81)57(79)49(77)34-95-66/h12-15,22-27,45-46,48-49,56-59,63-66,76-81,85-86H,1-2,9-11,16-21,28-34H2,3-8H3,(H,70,82)/t45-,46-,48+,49+,56-,57-,58+,59+,63?,64?,65-,66-/m0/s1. The molecule has 30 heteroatoms. The SMILES string of the molecule is C=C1C[C@H]2C(O)N(C(=O)OCc3ccc(O[C@@H]4OC[C@@H](O)[C@H](O)[C@H]4O)c(C(=O)CC(C)(C)C)c3)c3cc(OCCCCCOc4cc5c(cc4OC)C(=O)N4CC(=C)C[C@H]4C(O)N5C(=O)OCc4ccc(O[C@@H]5OC[C@@H](O)[C@H](O)[C@H]5O)c(C(=O)NCCOC)c4)c(OC)cc3C(=O)N2C1. The highest BCUT2D eigenvalue weighted by atomic mass is 16.7. The van der Waals surface area contributed by atoms with Gasteiger partial charge in [-0.15, -0.1) is 0 Å². The smallest absolute Gasteiger partial charge is 0.416 e. The molecule has 99 heavy (non-hydrogen) atoms. The average molecular weight is 1380 g/mol. The topological polar surface area (TPSA) is 391 Å². The molecular formula is C69H85N5O25. The molecule has 4 aromatic rings. The number of carbonyl (C=O) groups excluding carboxylic acids is 6. The number of hydrogen-bond donors (Lipinski definition) is 9. The van der Waals surface area contributed by atoms with E-state index in [9.17, 15) is 69.6 Å². The molecule has 0 aromatic heterocycles. The molecule has 4 saturated heterocycles. The minimum atomic E-state index is -1.68. The van der Waals surface area contributed by atoms with Crippen LogP contribution in [0.25, 0.3) is 0 Å². The number of nitrogens with zero attached hydrogens (tertiary/aromatic N) is 4. The van der Waals surface area contributed by atoms with Gasteiger partial charge >= 0.3 is 12.2 Å². The summed E-state index contributed by atoms with van der Waals surface area (Å²) >= 11 is 0. The van der Waals surface area contributed by atoms with Gasteiger partial charge in [0.2, 0.25) is 12.6 Å². The molecule has 4 aromatic carbocycles. The summed E-state index contributed by atoms with van der Waals surface area (Å²) in [6.07, 6.45) is -15.9. The number of benzene rings is 4. The Hall–Kier alpha value is -8.66. The predicted molar refractivity (Wildman–Crippen MR) is 348 cm³/mol. The Kier molecular flexibility index (Phi) is 23.1. The molecule has 0 saturated carbocycles. The lowest BCUT2D eigenvalue weighted by atomic mass is 9.87. The van der Waals surface area contributed by atoms with Crippen molar-refractivity contribution in [2.24, 2.45) is 5.41 Å². The maximum absolute atomic E-state index is 14.5. The van der Waals surface area contributed by atoms with Gasteiger partial charge in [-0.3, -0.25) is 19.2 Å². The van der Waals surface area contributed by atoms with Gasteiger partial charge in [-0.1, -0.05) is 57.2 Å². The molecule has 9 N–H and O–H groups in total. The van der Waals surface area contributed by atoms with Gasteiger partial charge in [0.1, 0.15) is 61.3 Å². The highest BCUT2D eigenvalue weighted by molar-refractivity contribution is 6.07. The second-order valence-electron chi connectivity index (χ2n) is 26.2. The number of hydrogen-bond acceptors (Lipinski definition) is 25. The molecule has 536 valence electrons. The van der Waals surface area contributed by atoms with E-state index in [2.05, 4.69) is 18.5 Å². The van der Waals surface area contributed by atoms with Crippen LogP contribution in [0, 0.1) is 5.41 Å². The first-order chi connectivity index (χ1) is 47.2. The summed E-state index contributed by atoms with van der Waals surface area (Å²) in [6, 6.07) is 12.4. The number of ether oxygens (including phenoxy) is 11. The lowest BCUT2D eigenvalue weighted by Crippen LogP contribution is -2.54. The van der Waals surface area contributed by atoms with Crippen molar-refractivity contribution in [3.8, 4) is 34.5 Å². The maximum atomic E-state index is 14.5. The third-order valence-corrected chi connectivity index (χ3v) is 17.6. The Labute approximate surface area is 570 Å². The molecule has 5 amide bonds. The van der Waals surface area contributed by atoms with Crippen LogP contribution >= 0.6 is 0 Å². The van der Waals surface area contributed by atoms with Crippen molar-refractivity contribution < 1.29 is 122 Å². The van der Waals surface area contributed by atoms with E-state index in [-0.39, 0.29) is 151 Å². The second kappa shape index (κ2) is 31.3. The van der Waals surface area contributed by atoms with Gasteiger partial charge in [0.25, 0.3) is 17.7 Å². The van der Waals surface area contributed by atoms with Crippen LogP contribution in [0.3, 0.4) is 0 Å². The number of Topliss-reactive ketones (excluding diaryl/α,β-unsaturated/α-hetero) is 1. The van der Waals surface area contributed by atoms with Crippen molar-refractivity contribution in [3.05, 3.63) is 118 Å². The monoisotopic (exact) mass is 1380 g/mol. The number of carbonyl (C=O) groups is 6. The van der Waals surface area contributed by atoms with E-state index < -0.39 is 122 Å². The summed E-state index contributed by atoms with van der Waals surface area (Å²) in [5.74, 6) is -1.61. The summed E-state index contributed by atoms with van der Waals surface area (Å²) in [7, 11) is 4.21. The van der Waals surface area contributed by atoms with E-state index in [4.69, 9.17) is 52.1 Å². The van der Waals surface area contributed by atoms with Crippen molar-refractivity contribution in [1.82, 2.24) is 15.1 Å². The third kappa shape index (κ3) is 16.2. The molecule has 0 radical (unpaired) electrons. The molecule has 6 aliphatic heterocycles. The summed E-state index contributed by atoms with van der Waals surface area (Å²) in [4.78, 5) is 89.9. The van der Waals surface area contributed by atoms with Gasteiger partial charge in [0, 0.05) is 45.3 Å². The van der Waals surface area contributed by atoms with Crippen LogP contribution in [-0.2, 0) is 36.9 Å². The van der Waals surface area contributed by atoms with Crippen molar-refractivity contribution in [1.29, 1.82) is 0 Å². The number of unbranched alkanes of at least 4 members (excludes halogenated alkanes) is 2. The van der Waals surface area contributed by atoms with E-state index in [1.807, 2.05) is 20.8 Å². The van der Waals surface area contributed by atoms with Gasteiger partial charge < -0.3 is 108 Å². The van der Waals surface area contributed by atoms with E-state index in [0.717, 1.165) is 9.80 Å². The molecule has 2 unspecified atom stereocenters. The van der Waals surface area contributed by atoms with Gasteiger partial charge in [0.05, 0.1) is 93.0 Å². The van der Waals surface area contributed by atoms with E-state index in [0.29, 0.717) is 36.0 Å². The van der Waals surface area contributed by atoms with E-state index in [1.165, 1.54) is 91.8 Å². The average Bonchev–Trinajstić information content (AvgIpc) is 1.63. The van der Waals surface area contributed by atoms with Crippen LogP contribution in [0.2, 0.25) is 0 Å². The maximum Gasteiger partial charge on any atom is 0.416 e. The van der Waals surface area contributed by atoms with Crippen molar-refractivity contribution >= 4 is 47.1 Å². The number of ketones is 1. The van der Waals surface area contributed by atoms with Crippen LogP contribution in [0.1, 0.15) is 112 Å². The highest BCUT2D eigenvalue weighted by Crippen LogP contribution is 2.45. The quantitative estimate of drug-likeness (QED) is 0.0275. The zero-order chi connectivity index (χ0) is 71.3. The number of rotatable bonds is 24. The Morgan fingerprint density at radius 1 is 0.566 bits per heavy atom. The van der Waals surface area contributed by atoms with Crippen molar-refractivity contribution in [3.63, 3.8) is 0 Å². The minimum absolute atomic E-state index is 0.00000412. The molecule has 12 atom stereocenters. The Morgan fingerprint density at radius 2 is 1.01 bits per heavy atom. The lowest BCUT2D eigenvalue weighted by molar-refractivity contribution is -0.242. The number of fused-ring (bicyclic) bond motifs is 4. The van der Waals surface area contributed by atoms with Gasteiger partial charge in [0.15, 0.2) is 41.2 Å². The van der Waals surface area contributed by atoms with Crippen molar-refractivity contribution in [2.45, 2.75) is 146 Å². The molecule has 4 fully saturated rings. The van der Waals surface area contributed by atoms with Crippen molar-refractivity contribution in [2.75, 3.05) is 83.8 Å². The number of anilines is 2. The first-order valence-corrected chi connectivity index (χ1v) is 32.3. The van der Waals surface area contributed by atoms with Crippen LogP contribution in [0.15, 0.2) is 85.0 Å². The third-order valence-electron chi connectivity index (χ3n) is 17.6. The van der Waals surface area contributed by atoms with Gasteiger partial charge in [-0.05, 0) is 85.0 Å². The number of methoxy groups -OCH3 is 3. The summed E-state index contributed by atoms with van der Waals surface area (Å²) in [5, 5.41) is 88.6. The second-order valence-corrected chi connectivity index (χ2v) is 26.2. The Morgan fingerprint density at radius 3 is 1.44 bits per heavy atom. The molecule has 0 bridgehead atoms. The fourth-order valence-electron chi connectivity index (χ4n) is 12.4. The van der Waals surface area contributed by atoms with Gasteiger partial charge in [-0.25, -0.2) is 19.4 Å². The summed E-state index contributed by atoms with van der Waals surface area (Å²) in [6.45, 7) is 12.7. The number of amides is 5. The Bertz CT molecular complexity index is 3690. The molecule has 6 aliphatic rings. The fraction of sp³-hybridized carbons (Fsp3) is 0.507. The number of aliphatic hydroxyl groups excluding tert-OH is 8. The minimum Gasteiger partial charge on any atom is -0.493 e. The molecule has 0 spiro atoms. The summed E-state index contributed by atoms with van der Waals surface area (Å²) in [5.41, 5.74) is 1.25. The van der Waals surface area contributed by atoms with Gasteiger partial charge in [-0.2, -0.15) is 0 Å². The normalized spacial score (nSPS) is 25.2. The lowest BCUT2D eigenvalue weighted by Gasteiger charge is -2.35. The largest absolute Gasteiger partial charge is 0.493 e. The molecule has 0 aliphatic carbocycles. The zero-order valence-electron chi connectivity index (χ0n) is 55.7. The number of nitrogens with one attached hydrogen (secondary N) is 1. The van der Waals surface area contributed by atoms with Crippen LogP contribution in [-0.4, -0.2) is 234 Å². The number of aliphatic hydroxyl groups is 8. The van der Waals surface area contributed by atoms with E-state index in [1.54, 1.807) is 0 Å².